The molecular formula is C21H19N5O2S. The third kappa shape index (κ3) is 3.88. The zero-order valence-corrected chi connectivity index (χ0v) is 16.6. The third-order valence-electron chi connectivity index (χ3n) is 4.78. The Hall–Kier alpha value is -3.13. The normalized spacial score (nSPS) is 13.7. The highest BCUT2D eigenvalue weighted by molar-refractivity contribution is 7.99. The number of carbonyl (C=O) groups is 1. The molecule has 5 rings (SSSR count). The minimum Gasteiger partial charge on any atom is -0.440 e. The summed E-state index contributed by atoms with van der Waals surface area (Å²) in [6.45, 7) is 2.04. The maximum Gasteiger partial charge on any atom is 0.234 e. The average Bonchev–Trinajstić information content (AvgIpc) is 3.31. The van der Waals surface area contributed by atoms with Gasteiger partial charge in [-0.1, -0.05) is 29.5 Å². The average molecular weight is 405 g/mol. The molecule has 1 N–H and O–H groups in total. The number of carbonyl (C=O) groups excluding carboxylic acids is 1. The number of thioether (sulfide) groups is 1. The first-order chi connectivity index (χ1) is 14.2. The summed E-state index contributed by atoms with van der Waals surface area (Å²) >= 11 is 1.34. The number of oxazole rings is 1. The van der Waals surface area contributed by atoms with Gasteiger partial charge in [0, 0.05) is 17.3 Å². The van der Waals surface area contributed by atoms with Crippen molar-refractivity contribution in [1.29, 1.82) is 0 Å². The standard InChI is InChI=1S/C21H19N5O2S/c1-13-2-7-16(8-3-13)26-12-22-25-21(26)29-11-19(27)23-15-6-9-18-17(10-15)24-20(28-18)14-4-5-14/h2-3,6-10,12,14H,4-5,11H2,1H3,(H,23,27). The Morgan fingerprint density at radius 3 is 2.86 bits per heavy atom. The fourth-order valence-corrected chi connectivity index (χ4v) is 3.79. The van der Waals surface area contributed by atoms with Crippen molar-refractivity contribution in [2.24, 2.45) is 0 Å². The molecule has 4 aromatic rings. The van der Waals surface area contributed by atoms with Crippen LogP contribution in [0.15, 0.2) is 58.4 Å². The van der Waals surface area contributed by atoms with E-state index >= 15 is 0 Å². The second-order valence-electron chi connectivity index (χ2n) is 7.16. The van der Waals surface area contributed by atoms with Gasteiger partial charge in [0.25, 0.3) is 0 Å². The molecule has 2 heterocycles. The van der Waals surface area contributed by atoms with Crippen molar-refractivity contribution in [3.63, 3.8) is 0 Å². The van der Waals surface area contributed by atoms with Crippen LogP contribution in [0.2, 0.25) is 0 Å². The Kier molecular flexibility index (Phi) is 4.55. The smallest absolute Gasteiger partial charge is 0.234 e. The summed E-state index contributed by atoms with van der Waals surface area (Å²) in [5, 5.41) is 11.7. The number of nitrogens with zero attached hydrogens (tertiary/aromatic N) is 4. The van der Waals surface area contributed by atoms with Crippen molar-refractivity contribution in [1.82, 2.24) is 19.7 Å². The SMILES string of the molecule is Cc1ccc(-n2cnnc2SCC(=O)Nc2ccc3oc(C4CC4)nc3c2)cc1. The second kappa shape index (κ2) is 7.36. The molecule has 29 heavy (non-hydrogen) atoms. The van der Waals surface area contributed by atoms with Crippen LogP contribution in [0.1, 0.15) is 30.2 Å². The number of benzene rings is 2. The van der Waals surface area contributed by atoms with Crippen molar-refractivity contribution < 1.29 is 9.21 Å². The highest BCUT2D eigenvalue weighted by Gasteiger charge is 2.28. The Morgan fingerprint density at radius 1 is 1.24 bits per heavy atom. The van der Waals surface area contributed by atoms with Gasteiger partial charge in [0.15, 0.2) is 16.6 Å². The van der Waals surface area contributed by atoms with Crippen molar-refractivity contribution in [3.8, 4) is 5.69 Å². The fraction of sp³-hybridized carbons (Fsp3) is 0.238. The summed E-state index contributed by atoms with van der Waals surface area (Å²) in [6.07, 6.45) is 3.93. The van der Waals surface area contributed by atoms with Gasteiger partial charge in [0.05, 0.1) is 5.75 Å². The van der Waals surface area contributed by atoms with Gasteiger partial charge >= 0.3 is 0 Å². The largest absolute Gasteiger partial charge is 0.440 e. The number of fused-ring (bicyclic) bond motifs is 1. The monoisotopic (exact) mass is 405 g/mol. The van der Waals surface area contributed by atoms with E-state index in [2.05, 4.69) is 20.5 Å². The Bertz CT molecular complexity index is 1180. The van der Waals surface area contributed by atoms with Crippen LogP contribution in [0.25, 0.3) is 16.8 Å². The van der Waals surface area contributed by atoms with E-state index in [-0.39, 0.29) is 11.7 Å². The predicted octanol–water partition coefficient (Wildman–Crippen LogP) is 4.33. The number of hydrogen-bond donors (Lipinski definition) is 1. The fourth-order valence-electron chi connectivity index (χ4n) is 3.06. The molecule has 0 bridgehead atoms. The quantitative estimate of drug-likeness (QED) is 0.481. The van der Waals surface area contributed by atoms with Gasteiger partial charge in [-0.2, -0.15) is 0 Å². The first-order valence-electron chi connectivity index (χ1n) is 9.46. The molecule has 146 valence electrons. The lowest BCUT2D eigenvalue weighted by Crippen LogP contribution is -2.14. The van der Waals surface area contributed by atoms with Gasteiger partial charge in [-0.15, -0.1) is 10.2 Å². The van der Waals surface area contributed by atoms with Crippen LogP contribution < -0.4 is 5.32 Å². The van der Waals surface area contributed by atoms with E-state index in [1.165, 1.54) is 17.3 Å². The molecule has 0 atom stereocenters. The Morgan fingerprint density at radius 2 is 2.07 bits per heavy atom. The second-order valence-corrected chi connectivity index (χ2v) is 8.11. The summed E-state index contributed by atoms with van der Waals surface area (Å²) in [7, 11) is 0. The molecule has 1 aliphatic carbocycles. The van der Waals surface area contributed by atoms with Gasteiger partial charge in [-0.3, -0.25) is 9.36 Å². The summed E-state index contributed by atoms with van der Waals surface area (Å²) in [5.74, 6) is 1.38. The lowest BCUT2D eigenvalue weighted by Gasteiger charge is -2.07. The zero-order chi connectivity index (χ0) is 19.8. The summed E-state index contributed by atoms with van der Waals surface area (Å²) < 4.78 is 7.64. The first-order valence-corrected chi connectivity index (χ1v) is 10.4. The van der Waals surface area contributed by atoms with Gasteiger partial charge in [0.2, 0.25) is 5.91 Å². The molecule has 0 saturated heterocycles. The number of aromatic nitrogens is 4. The lowest BCUT2D eigenvalue weighted by atomic mass is 10.2. The van der Waals surface area contributed by atoms with E-state index < -0.39 is 0 Å². The summed E-state index contributed by atoms with van der Waals surface area (Å²) in [6, 6.07) is 13.6. The van der Waals surface area contributed by atoms with E-state index in [9.17, 15) is 4.79 Å². The van der Waals surface area contributed by atoms with Crippen molar-refractivity contribution >= 4 is 34.5 Å². The van der Waals surface area contributed by atoms with Crippen molar-refractivity contribution in [2.45, 2.75) is 30.8 Å². The molecule has 0 spiro atoms. The van der Waals surface area contributed by atoms with Crippen LogP contribution in [0, 0.1) is 6.92 Å². The minimum absolute atomic E-state index is 0.112. The molecule has 1 aliphatic rings. The minimum atomic E-state index is -0.112. The highest BCUT2D eigenvalue weighted by atomic mass is 32.2. The van der Waals surface area contributed by atoms with Crippen LogP contribution in [-0.4, -0.2) is 31.4 Å². The number of nitrogens with one attached hydrogen (secondary N) is 1. The van der Waals surface area contributed by atoms with Crippen LogP contribution >= 0.6 is 11.8 Å². The van der Waals surface area contributed by atoms with Crippen LogP contribution in [-0.2, 0) is 4.79 Å². The van der Waals surface area contributed by atoms with Crippen LogP contribution in [0.4, 0.5) is 5.69 Å². The molecule has 0 radical (unpaired) electrons. The number of aryl methyl sites for hydroxylation is 1. The number of rotatable bonds is 6. The maximum absolute atomic E-state index is 12.4. The molecule has 2 aromatic heterocycles. The van der Waals surface area contributed by atoms with Gasteiger partial charge < -0.3 is 9.73 Å². The Balaban J connectivity index is 1.24. The summed E-state index contributed by atoms with van der Waals surface area (Å²) in [4.78, 5) is 17.0. The number of hydrogen-bond acceptors (Lipinski definition) is 6. The van der Waals surface area contributed by atoms with Gasteiger partial charge in [0.1, 0.15) is 11.8 Å². The zero-order valence-electron chi connectivity index (χ0n) is 15.8. The first kappa shape index (κ1) is 17.9. The van der Waals surface area contributed by atoms with Crippen molar-refractivity contribution in [3.05, 3.63) is 60.2 Å². The third-order valence-corrected chi connectivity index (χ3v) is 5.72. The van der Waals surface area contributed by atoms with E-state index in [4.69, 9.17) is 4.42 Å². The molecule has 2 aromatic carbocycles. The van der Waals surface area contributed by atoms with Crippen molar-refractivity contribution in [2.75, 3.05) is 11.1 Å². The van der Waals surface area contributed by atoms with E-state index in [0.29, 0.717) is 16.8 Å². The summed E-state index contributed by atoms with van der Waals surface area (Å²) in [5.41, 5.74) is 4.39. The lowest BCUT2D eigenvalue weighted by molar-refractivity contribution is -0.113. The molecule has 7 nitrogen and oxygen atoms in total. The highest BCUT2D eigenvalue weighted by Crippen LogP contribution is 2.40. The topological polar surface area (TPSA) is 85.8 Å². The van der Waals surface area contributed by atoms with Crippen LogP contribution in [0.5, 0.6) is 0 Å². The molecule has 1 saturated carbocycles. The maximum atomic E-state index is 12.4. The van der Waals surface area contributed by atoms with Crippen LogP contribution in [0.3, 0.4) is 0 Å². The van der Waals surface area contributed by atoms with Gasteiger partial charge in [-0.25, -0.2) is 4.98 Å². The predicted molar refractivity (Wildman–Crippen MR) is 111 cm³/mol. The molecular weight excluding hydrogens is 386 g/mol. The van der Waals surface area contributed by atoms with Gasteiger partial charge in [-0.05, 0) is 50.1 Å². The molecule has 1 fully saturated rings. The number of amides is 1. The number of anilines is 1. The molecule has 0 aliphatic heterocycles. The Labute approximate surface area is 171 Å². The molecule has 8 heteroatoms. The van der Waals surface area contributed by atoms with E-state index in [1.54, 1.807) is 6.33 Å². The molecule has 1 amide bonds. The van der Waals surface area contributed by atoms with E-state index in [0.717, 1.165) is 35.5 Å². The van der Waals surface area contributed by atoms with E-state index in [1.807, 2.05) is 54.0 Å². The molecule has 0 unspecified atom stereocenters.